The molecule has 40 heavy (non-hydrogen) atoms. The number of pyridine rings is 1. The van der Waals surface area contributed by atoms with Crippen molar-refractivity contribution in [2.45, 2.75) is 19.0 Å². The number of aryl methyl sites for hydroxylation is 1. The Balaban J connectivity index is 1.38. The summed E-state index contributed by atoms with van der Waals surface area (Å²) in [5.74, 6) is 0.544. The van der Waals surface area contributed by atoms with Crippen molar-refractivity contribution in [1.82, 2.24) is 14.9 Å². The summed E-state index contributed by atoms with van der Waals surface area (Å²) in [4.78, 5) is 18.1. The molecule has 5 aromatic rings. The molecule has 2 unspecified atom stereocenters. The maximum absolute atomic E-state index is 11.4. The van der Waals surface area contributed by atoms with E-state index in [-0.39, 0.29) is 17.6 Å². The SMILES string of the molecule is Cc1ccc(Oc2ccc(N3C(=S)NC(c4ccccn4)C3c3cccn3-c3ccc(C(=O)O)cc3)cc2)cc1. The van der Waals surface area contributed by atoms with E-state index < -0.39 is 5.97 Å². The number of hydrogen-bond donors (Lipinski definition) is 2. The average Bonchev–Trinajstić information content (AvgIpc) is 3.59. The van der Waals surface area contributed by atoms with Crippen molar-refractivity contribution in [3.63, 3.8) is 0 Å². The van der Waals surface area contributed by atoms with Gasteiger partial charge in [-0.1, -0.05) is 23.8 Å². The molecule has 0 aliphatic carbocycles. The van der Waals surface area contributed by atoms with Crippen LogP contribution >= 0.6 is 12.2 Å². The molecular formula is C32H26N4O3S. The number of thiocarbonyl (C=S) groups is 1. The standard InChI is InChI=1S/C32H26N4O3S/c1-21-7-15-25(16-8-21)39-26-17-13-24(14-18-26)36-30(29(34-32(36)40)27-5-2-3-19-33-27)28-6-4-20-35(28)23-11-9-22(10-12-23)31(37)38/h2-20,29-30H,1H3,(H,34,40)(H,37,38). The number of aromatic carboxylic acids is 1. The Labute approximate surface area is 237 Å². The first-order valence-corrected chi connectivity index (χ1v) is 13.2. The zero-order valence-electron chi connectivity index (χ0n) is 21.6. The minimum Gasteiger partial charge on any atom is -0.478 e. The van der Waals surface area contributed by atoms with E-state index in [1.807, 2.05) is 98.0 Å². The van der Waals surface area contributed by atoms with Gasteiger partial charge in [-0.05, 0) is 104 Å². The van der Waals surface area contributed by atoms with Gasteiger partial charge in [0.2, 0.25) is 0 Å². The average molecular weight is 547 g/mol. The number of aromatic nitrogens is 2. The van der Waals surface area contributed by atoms with Crippen LogP contribution in [0.3, 0.4) is 0 Å². The number of benzene rings is 3. The molecule has 2 N–H and O–H groups in total. The first kappa shape index (κ1) is 25.3. The normalized spacial score (nSPS) is 16.5. The number of rotatable bonds is 7. The molecule has 6 rings (SSSR count). The molecule has 3 heterocycles. The molecule has 7 nitrogen and oxygen atoms in total. The van der Waals surface area contributed by atoms with E-state index in [9.17, 15) is 9.90 Å². The first-order chi connectivity index (χ1) is 19.5. The van der Waals surface area contributed by atoms with E-state index in [0.717, 1.165) is 34.3 Å². The zero-order chi connectivity index (χ0) is 27.6. The topological polar surface area (TPSA) is 79.6 Å². The number of carbonyl (C=O) groups is 1. The van der Waals surface area contributed by atoms with Crippen LogP contribution in [0.5, 0.6) is 11.5 Å². The van der Waals surface area contributed by atoms with Crippen LogP contribution in [0.2, 0.25) is 0 Å². The van der Waals surface area contributed by atoms with Gasteiger partial charge in [-0.2, -0.15) is 0 Å². The second kappa shape index (κ2) is 10.7. The second-order valence-electron chi connectivity index (χ2n) is 9.56. The van der Waals surface area contributed by atoms with Crippen LogP contribution in [-0.4, -0.2) is 25.7 Å². The van der Waals surface area contributed by atoms with Crippen LogP contribution in [0.25, 0.3) is 5.69 Å². The molecule has 2 aromatic heterocycles. The first-order valence-electron chi connectivity index (χ1n) is 12.8. The lowest BCUT2D eigenvalue weighted by molar-refractivity contribution is 0.0697. The lowest BCUT2D eigenvalue weighted by Crippen LogP contribution is -2.30. The largest absolute Gasteiger partial charge is 0.478 e. The molecule has 1 saturated heterocycles. The Bertz CT molecular complexity index is 1650. The third-order valence-corrected chi connectivity index (χ3v) is 7.26. The summed E-state index contributed by atoms with van der Waals surface area (Å²) in [5.41, 5.74) is 5.02. The Morgan fingerprint density at radius 1 is 0.875 bits per heavy atom. The van der Waals surface area contributed by atoms with Crippen LogP contribution < -0.4 is 15.0 Å². The monoisotopic (exact) mass is 546 g/mol. The predicted octanol–water partition coefficient (Wildman–Crippen LogP) is 6.85. The van der Waals surface area contributed by atoms with Crippen LogP contribution in [0.4, 0.5) is 5.69 Å². The zero-order valence-corrected chi connectivity index (χ0v) is 22.5. The Morgan fingerprint density at radius 3 is 2.20 bits per heavy atom. The van der Waals surface area contributed by atoms with Gasteiger partial charge in [0.25, 0.3) is 0 Å². The summed E-state index contributed by atoms with van der Waals surface area (Å²) in [7, 11) is 0. The van der Waals surface area contributed by atoms with E-state index in [2.05, 4.69) is 25.8 Å². The van der Waals surface area contributed by atoms with Gasteiger partial charge < -0.3 is 24.6 Å². The van der Waals surface area contributed by atoms with Crippen molar-refractivity contribution in [1.29, 1.82) is 0 Å². The third-order valence-electron chi connectivity index (χ3n) is 6.95. The Morgan fingerprint density at radius 2 is 1.55 bits per heavy atom. The van der Waals surface area contributed by atoms with Crippen molar-refractivity contribution in [3.8, 4) is 17.2 Å². The lowest BCUT2D eigenvalue weighted by Gasteiger charge is -2.29. The highest BCUT2D eigenvalue weighted by atomic mass is 32.1. The van der Waals surface area contributed by atoms with E-state index in [0.29, 0.717) is 5.11 Å². The number of carboxylic acids is 1. The van der Waals surface area contributed by atoms with Crippen molar-refractivity contribution in [3.05, 3.63) is 138 Å². The van der Waals surface area contributed by atoms with Crippen LogP contribution in [-0.2, 0) is 0 Å². The van der Waals surface area contributed by atoms with Crippen molar-refractivity contribution in [2.75, 3.05) is 4.90 Å². The van der Waals surface area contributed by atoms with E-state index >= 15 is 0 Å². The Hall–Kier alpha value is -4.95. The smallest absolute Gasteiger partial charge is 0.335 e. The van der Waals surface area contributed by atoms with Crippen molar-refractivity contribution >= 4 is 29.0 Å². The second-order valence-corrected chi connectivity index (χ2v) is 9.95. The summed E-state index contributed by atoms with van der Waals surface area (Å²) in [6, 6.07) is 32.1. The van der Waals surface area contributed by atoms with Gasteiger partial charge in [-0.25, -0.2) is 4.79 Å². The van der Waals surface area contributed by atoms with Crippen LogP contribution in [0.1, 0.15) is 39.4 Å². The fourth-order valence-electron chi connectivity index (χ4n) is 4.99. The van der Waals surface area contributed by atoms with Gasteiger partial charge in [0, 0.05) is 29.5 Å². The van der Waals surface area contributed by atoms with Gasteiger partial charge in [0.05, 0.1) is 17.3 Å². The minimum atomic E-state index is -0.958. The number of nitrogens with zero attached hydrogens (tertiary/aromatic N) is 3. The van der Waals surface area contributed by atoms with Gasteiger partial charge in [-0.3, -0.25) is 4.98 Å². The molecule has 1 aliphatic heterocycles. The lowest BCUT2D eigenvalue weighted by atomic mass is 10.0. The van der Waals surface area contributed by atoms with Gasteiger partial charge >= 0.3 is 5.97 Å². The van der Waals surface area contributed by atoms with Gasteiger partial charge in [0.15, 0.2) is 5.11 Å². The summed E-state index contributed by atoms with van der Waals surface area (Å²) >= 11 is 5.89. The molecule has 0 saturated carbocycles. The molecule has 0 amide bonds. The predicted molar refractivity (Wildman–Crippen MR) is 158 cm³/mol. The van der Waals surface area contributed by atoms with Gasteiger partial charge in [0.1, 0.15) is 17.5 Å². The summed E-state index contributed by atoms with van der Waals surface area (Å²) in [6.45, 7) is 2.04. The minimum absolute atomic E-state index is 0.218. The number of hydrogen-bond acceptors (Lipinski definition) is 4. The molecule has 0 bridgehead atoms. The number of ether oxygens (including phenoxy) is 1. The van der Waals surface area contributed by atoms with Crippen LogP contribution in [0.15, 0.2) is 116 Å². The third kappa shape index (κ3) is 4.92. The quantitative estimate of drug-likeness (QED) is 0.216. The number of anilines is 1. The summed E-state index contributed by atoms with van der Waals surface area (Å²) < 4.78 is 8.11. The highest BCUT2D eigenvalue weighted by Crippen LogP contribution is 2.42. The number of nitrogens with one attached hydrogen (secondary N) is 1. The maximum atomic E-state index is 11.4. The molecular weight excluding hydrogens is 520 g/mol. The summed E-state index contributed by atoms with van der Waals surface area (Å²) in [6.07, 6.45) is 3.75. The Kier molecular flexibility index (Phi) is 6.76. The molecule has 1 fully saturated rings. The van der Waals surface area contributed by atoms with Crippen molar-refractivity contribution < 1.29 is 14.6 Å². The highest BCUT2D eigenvalue weighted by molar-refractivity contribution is 7.80. The molecule has 2 atom stereocenters. The molecule has 198 valence electrons. The van der Waals surface area contributed by atoms with Crippen LogP contribution in [0, 0.1) is 6.92 Å². The van der Waals surface area contributed by atoms with E-state index in [1.54, 1.807) is 18.3 Å². The molecule has 8 heteroatoms. The van der Waals surface area contributed by atoms with Crippen molar-refractivity contribution in [2.24, 2.45) is 0 Å². The van der Waals surface area contributed by atoms with E-state index in [1.165, 1.54) is 5.56 Å². The van der Waals surface area contributed by atoms with E-state index in [4.69, 9.17) is 17.0 Å². The fraction of sp³-hybridized carbons (Fsp3) is 0.0938. The molecule has 1 aliphatic rings. The summed E-state index contributed by atoms with van der Waals surface area (Å²) in [5, 5.41) is 13.4. The number of carboxylic acid groups (broad SMARTS) is 1. The molecule has 3 aromatic carbocycles. The maximum Gasteiger partial charge on any atom is 0.335 e. The molecule has 0 spiro atoms. The molecule has 0 radical (unpaired) electrons. The highest BCUT2D eigenvalue weighted by Gasteiger charge is 2.42. The fourth-order valence-corrected chi connectivity index (χ4v) is 5.33. The van der Waals surface area contributed by atoms with Gasteiger partial charge in [-0.15, -0.1) is 0 Å².